The van der Waals surface area contributed by atoms with Crippen molar-refractivity contribution in [2.24, 2.45) is 5.73 Å². The maximum Gasteiger partial charge on any atom is 0.419 e. The van der Waals surface area contributed by atoms with Gasteiger partial charge in [0.2, 0.25) is 5.91 Å². The van der Waals surface area contributed by atoms with Crippen molar-refractivity contribution in [2.45, 2.75) is 18.2 Å². The molecule has 1 amide bonds. The summed E-state index contributed by atoms with van der Waals surface area (Å²) < 4.78 is 36.8. The van der Waals surface area contributed by atoms with Gasteiger partial charge in [-0.1, -0.05) is 0 Å². The van der Waals surface area contributed by atoms with Gasteiger partial charge in [0.15, 0.2) is 5.60 Å². The smallest absolute Gasteiger partial charge is 0.379 e. The van der Waals surface area contributed by atoms with E-state index in [0.29, 0.717) is 0 Å². The van der Waals surface area contributed by atoms with Crippen LogP contribution in [0.5, 0.6) is 0 Å². The Hall–Kier alpha value is -0.820. The Morgan fingerprint density at radius 2 is 2.14 bits per heavy atom. The molecule has 1 unspecified atom stereocenters. The summed E-state index contributed by atoms with van der Waals surface area (Å²) in [6, 6.07) is 0. The van der Waals surface area contributed by atoms with Gasteiger partial charge in [0.25, 0.3) is 0 Å². The van der Waals surface area contributed by atoms with Crippen LogP contribution >= 0.6 is 0 Å². The van der Waals surface area contributed by atoms with E-state index in [-0.39, 0.29) is 13.1 Å². The van der Waals surface area contributed by atoms with Gasteiger partial charge < -0.3 is 15.7 Å². The molecule has 1 aliphatic rings. The highest BCUT2D eigenvalue weighted by Crippen LogP contribution is 2.37. The minimum absolute atomic E-state index is 0.105. The van der Waals surface area contributed by atoms with E-state index in [9.17, 15) is 23.1 Å². The van der Waals surface area contributed by atoms with Crippen LogP contribution in [0.3, 0.4) is 0 Å². The summed E-state index contributed by atoms with van der Waals surface area (Å²) in [5.41, 5.74) is 2.23. The largest absolute Gasteiger partial charge is 0.419 e. The van der Waals surface area contributed by atoms with E-state index in [4.69, 9.17) is 5.73 Å². The van der Waals surface area contributed by atoms with Gasteiger partial charge in [-0.2, -0.15) is 13.2 Å². The molecule has 0 aromatic rings. The molecule has 0 aliphatic carbocycles. The zero-order chi connectivity index (χ0) is 11.0. The third-order valence-electron chi connectivity index (χ3n) is 2.30. The summed E-state index contributed by atoms with van der Waals surface area (Å²) >= 11 is 0. The molecule has 0 aromatic heterocycles. The van der Waals surface area contributed by atoms with Gasteiger partial charge >= 0.3 is 6.18 Å². The van der Waals surface area contributed by atoms with Gasteiger partial charge in [-0.05, 0) is 0 Å². The molecule has 7 heteroatoms. The average molecular weight is 212 g/mol. The molecule has 3 N–H and O–H groups in total. The number of nitrogens with two attached hydrogens (primary N) is 1. The molecular weight excluding hydrogens is 201 g/mol. The van der Waals surface area contributed by atoms with Crippen molar-refractivity contribution in [1.82, 2.24) is 4.90 Å². The number of hydrogen-bond acceptors (Lipinski definition) is 3. The Morgan fingerprint density at radius 1 is 1.57 bits per heavy atom. The van der Waals surface area contributed by atoms with Crippen LogP contribution in [0, 0.1) is 0 Å². The number of amides is 1. The Morgan fingerprint density at radius 3 is 2.50 bits per heavy atom. The number of carbonyl (C=O) groups excluding carboxylic acids is 1. The molecule has 1 atom stereocenters. The SMILES string of the molecule is NCC(=O)N1CCC(O)(C(F)(F)F)C1. The second-order valence-electron chi connectivity index (χ2n) is 3.30. The normalized spacial score (nSPS) is 28.2. The molecule has 0 bridgehead atoms. The molecule has 0 radical (unpaired) electrons. The van der Waals surface area contributed by atoms with Crippen molar-refractivity contribution in [3.8, 4) is 0 Å². The maximum atomic E-state index is 12.3. The lowest BCUT2D eigenvalue weighted by atomic mass is 10.0. The average Bonchev–Trinajstić information content (AvgIpc) is 2.47. The summed E-state index contributed by atoms with van der Waals surface area (Å²) in [6.07, 6.45) is -5.18. The van der Waals surface area contributed by atoms with E-state index in [0.717, 1.165) is 4.90 Å². The van der Waals surface area contributed by atoms with Crippen molar-refractivity contribution < 1.29 is 23.1 Å². The topological polar surface area (TPSA) is 66.6 Å². The Balaban J connectivity index is 2.69. The van der Waals surface area contributed by atoms with Crippen LogP contribution in [-0.2, 0) is 4.79 Å². The second-order valence-corrected chi connectivity index (χ2v) is 3.30. The molecule has 14 heavy (non-hydrogen) atoms. The highest BCUT2D eigenvalue weighted by atomic mass is 19.4. The lowest BCUT2D eigenvalue weighted by molar-refractivity contribution is -0.253. The van der Waals surface area contributed by atoms with Crippen LogP contribution < -0.4 is 5.73 Å². The molecule has 1 rings (SSSR count). The summed E-state index contributed by atoms with van der Waals surface area (Å²) in [5, 5.41) is 9.18. The van der Waals surface area contributed by atoms with Gasteiger partial charge in [0, 0.05) is 13.0 Å². The number of likely N-dealkylation sites (tertiary alicyclic amines) is 1. The van der Waals surface area contributed by atoms with Gasteiger partial charge in [-0.15, -0.1) is 0 Å². The summed E-state index contributed by atoms with van der Waals surface area (Å²) in [7, 11) is 0. The standard InChI is InChI=1S/C7H11F3N2O2/c8-7(9,10)6(14)1-2-12(4-6)5(13)3-11/h14H,1-4,11H2. The lowest BCUT2D eigenvalue weighted by Crippen LogP contribution is -2.48. The van der Waals surface area contributed by atoms with Crippen molar-refractivity contribution in [1.29, 1.82) is 0 Å². The van der Waals surface area contributed by atoms with E-state index in [1.54, 1.807) is 0 Å². The predicted molar refractivity (Wildman–Crippen MR) is 41.3 cm³/mol. The summed E-state index contributed by atoms with van der Waals surface area (Å²) in [5.74, 6) is -0.579. The summed E-state index contributed by atoms with van der Waals surface area (Å²) in [4.78, 5) is 11.9. The predicted octanol–water partition coefficient (Wildman–Crippen LogP) is -0.529. The fourth-order valence-electron chi connectivity index (χ4n) is 1.37. The number of rotatable bonds is 1. The van der Waals surface area contributed by atoms with Crippen LogP contribution in [0.1, 0.15) is 6.42 Å². The van der Waals surface area contributed by atoms with Crippen molar-refractivity contribution in [3.63, 3.8) is 0 Å². The fourth-order valence-corrected chi connectivity index (χ4v) is 1.37. The molecule has 0 aromatic carbocycles. The Bertz CT molecular complexity index is 244. The molecule has 1 saturated heterocycles. The number of nitrogens with zero attached hydrogens (tertiary/aromatic N) is 1. The fraction of sp³-hybridized carbons (Fsp3) is 0.857. The molecule has 4 nitrogen and oxygen atoms in total. The number of β-amino-alcohol motifs (C(OH)–C–C–N with tert-alkyl or cyclic N) is 1. The van der Waals surface area contributed by atoms with Gasteiger partial charge in [-0.3, -0.25) is 4.79 Å². The molecule has 0 saturated carbocycles. The molecule has 1 fully saturated rings. The first-order valence-electron chi connectivity index (χ1n) is 4.07. The number of halogens is 3. The molecule has 1 heterocycles. The van der Waals surface area contributed by atoms with Crippen molar-refractivity contribution >= 4 is 5.91 Å². The van der Waals surface area contributed by atoms with Crippen LogP contribution in [0.25, 0.3) is 0 Å². The quantitative estimate of drug-likeness (QED) is 0.614. The van der Waals surface area contributed by atoms with Crippen LogP contribution in [0.4, 0.5) is 13.2 Å². The monoisotopic (exact) mass is 212 g/mol. The first-order chi connectivity index (χ1) is 6.30. The first kappa shape index (κ1) is 11.3. The number of hydrogen-bond donors (Lipinski definition) is 2. The minimum atomic E-state index is -4.70. The number of carbonyl (C=O) groups is 1. The van der Waals surface area contributed by atoms with E-state index in [1.807, 2.05) is 0 Å². The van der Waals surface area contributed by atoms with Crippen molar-refractivity contribution in [2.75, 3.05) is 19.6 Å². The van der Waals surface area contributed by atoms with E-state index >= 15 is 0 Å². The first-order valence-corrected chi connectivity index (χ1v) is 4.07. The van der Waals surface area contributed by atoms with Crippen LogP contribution in [0.2, 0.25) is 0 Å². The van der Waals surface area contributed by atoms with Crippen LogP contribution in [-0.4, -0.2) is 47.3 Å². The lowest BCUT2D eigenvalue weighted by Gasteiger charge is -2.25. The van der Waals surface area contributed by atoms with Crippen LogP contribution in [0.15, 0.2) is 0 Å². The highest BCUT2D eigenvalue weighted by molar-refractivity contribution is 5.78. The molecule has 0 spiro atoms. The second kappa shape index (κ2) is 3.39. The third kappa shape index (κ3) is 1.83. The molecular formula is C7H11F3N2O2. The molecule has 82 valence electrons. The minimum Gasteiger partial charge on any atom is -0.379 e. The van der Waals surface area contributed by atoms with Crippen molar-refractivity contribution in [3.05, 3.63) is 0 Å². The van der Waals surface area contributed by atoms with E-state index in [2.05, 4.69) is 0 Å². The van der Waals surface area contributed by atoms with Gasteiger partial charge in [0.05, 0.1) is 13.1 Å². The zero-order valence-corrected chi connectivity index (χ0v) is 7.34. The van der Waals surface area contributed by atoms with Gasteiger partial charge in [-0.25, -0.2) is 0 Å². The Labute approximate surface area is 78.5 Å². The highest BCUT2D eigenvalue weighted by Gasteiger charge is 2.57. The zero-order valence-electron chi connectivity index (χ0n) is 7.34. The van der Waals surface area contributed by atoms with E-state index in [1.165, 1.54) is 0 Å². The van der Waals surface area contributed by atoms with Gasteiger partial charge in [0.1, 0.15) is 0 Å². The number of alkyl halides is 3. The van der Waals surface area contributed by atoms with E-state index < -0.39 is 30.7 Å². The summed E-state index contributed by atoms with van der Waals surface area (Å²) in [6.45, 7) is -1.16. The Kier molecular flexibility index (Phi) is 2.73. The molecule has 1 aliphatic heterocycles. The third-order valence-corrected chi connectivity index (χ3v) is 2.30. The maximum absolute atomic E-state index is 12.3. The number of aliphatic hydroxyl groups is 1.